The third kappa shape index (κ3) is 4.28. The summed E-state index contributed by atoms with van der Waals surface area (Å²) in [7, 11) is 0. The number of carbonyl (C=O) groups is 2. The van der Waals surface area contributed by atoms with E-state index in [1.165, 1.54) is 36.4 Å². The van der Waals surface area contributed by atoms with Crippen LogP contribution in [-0.4, -0.2) is 34.7 Å². The number of amides is 2. The molecule has 2 amide bonds. The molecule has 27 heavy (non-hydrogen) atoms. The molecular weight excluding hydrogens is 353 g/mol. The summed E-state index contributed by atoms with van der Waals surface area (Å²) in [6.45, 7) is 0.788. The van der Waals surface area contributed by atoms with Crippen molar-refractivity contribution in [2.24, 2.45) is 5.92 Å². The van der Waals surface area contributed by atoms with Crippen molar-refractivity contribution >= 4 is 23.2 Å². The number of nitro groups is 1. The number of nitrogens with one attached hydrogen (secondary N) is 1. The van der Waals surface area contributed by atoms with Gasteiger partial charge in [-0.2, -0.15) is 0 Å². The molecule has 0 spiro atoms. The van der Waals surface area contributed by atoms with Crippen LogP contribution in [0, 0.1) is 21.8 Å². The van der Waals surface area contributed by atoms with Gasteiger partial charge < -0.3 is 10.2 Å². The lowest BCUT2D eigenvalue weighted by Gasteiger charge is -2.31. The van der Waals surface area contributed by atoms with E-state index < -0.39 is 10.7 Å². The molecule has 2 aromatic rings. The number of piperidine rings is 1. The van der Waals surface area contributed by atoms with Crippen molar-refractivity contribution in [3.05, 3.63) is 70.0 Å². The number of non-ortho nitro benzene ring substituents is 1. The molecule has 0 bridgehead atoms. The van der Waals surface area contributed by atoms with E-state index in [2.05, 4.69) is 5.32 Å². The average Bonchev–Trinajstić information content (AvgIpc) is 2.69. The highest BCUT2D eigenvalue weighted by molar-refractivity contribution is 5.95. The number of nitrogens with zero attached hydrogens (tertiary/aromatic N) is 2. The van der Waals surface area contributed by atoms with Crippen LogP contribution in [0.4, 0.5) is 15.8 Å². The second-order valence-electron chi connectivity index (χ2n) is 6.34. The van der Waals surface area contributed by atoms with Crippen molar-refractivity contribution in [3.63, 3.8) is 0 Å². The molecule has 0 radical (unpaired) electrons. The maximum atomic E-state index is 13.6. The van der Waals surface area contributed by atoms with Crippen molar-refractivity contribution in [1.82, 2.24) is 4.90 Å². The summed E-state index contributed by atoms with van der Waals surface area (Å²) in [5.74, 6) is -1.28. The fourth-order valence-corrected chi connectivity index (χ4v) is 3.05. The summed E-state index contributed by atoms with van der Waals surface area (Å²) < 4.78 is 13.6. The Morgan fingerprint density at radius 1 is 1.07 bits per heavy atom. The number of anilines is 1. The van der Waals surface area contributed by atoms with E-state index in [-0.39, 0.29) is 29.1 Å². The van der Waals surface area contributed by atoms with Crippen molar-refractivity contribution in [1.29, 1.82) is 0 Å². The molecule has 1 aliphatic rings. The fraction of sp³-hybridized carbons (Fsp3) is 0.263. The zero-order valence-corrected chi connectivity index (χ0v) is 14.4. The normalized spacial score (nSPS) is 14.6. The predicted octanol–water partition coefficient (Wildman–Crippen LogP) is 3.22. The lowest BCUT2D eigenvalue weighted by atomic mass is 9.95. The second-order valence-corrected chi connectivity index (χ2v) is 6.34. The standard InChI is InChI=1S/C19H18FN3O4/c20-16-3-1-2-4-17(16)21-18(24)13-9-11-22(12-10-13)19(25)14-5-7-15(8-6-14)23(26)27/h1-8,13H,9-12H2,(H,21,24). The maximum Gasteiger partial charge on any atom is 0.269 e. The van der Waals surface area contributed by atoms with Crippen molar-refractivity contribution < 1.29 is 18.9 Å². The number of nitro benzene ring substituents is 1. The average molecular weight is 371 g/mol. The van der Waals surface area contributed by atoms with Crippen LogP contribution < -0.4 is 5.32 Å². The first kappa shape index (κ1) is 18.5. The molecule has 7 nitrogen and oxygen atoms in total. The summed E-state index contributed by atoms with van der Waals surface area (Å²) in [4.78, 5) is 36.6. The highest BCUT2D eigenvalue weighted by atomic mass is 19.1. The van der Waals surface area contributed by atoms with Gasteiger partial charge in [0, 0.05) is 36.7 Å². The number of hydrogen-bond acceptors (Lipinski definition) is 4. The highest BCUT2D eigenvalue weighted by Gasteiger charge is 2.28. The Bertz CT molecular complexity index is 862. The molecule has 1 saturated heterocycles. The monoisotopic (exact) mass is 371 g/mol. The number of rotatable bonds is 4. The quantitative estimate of drug-likeness (QED) is 0.660. The van der Waals surface area contributed by atoms with Crippen LogP contribution in [0.5, 0.6) is 0 Å². The van der Waals surface area contributed by atoms with Gasteiger partial charge in [0.1, 0.15) is 5.82 Å². The molecule has 0 atom stereocenters. The van der Waals surface area contributed by atoms with Gasteiger partial charge in [-0.15, -0.1) is 0 Å². The van der Waals surface area contributed by atoms with Crippen LogP contribution in [0.3, 0.4) is 0 Å². The Hall–Kier alpha value is -3.29. The predicted molar refractivity (Wildman–Crippen MR) is 96.8 cm³/mol. The molecule has 0 unspecified atom stereocenters. The van der Waals surface area contributed by atoms with Crippen LogP contribution in [0.2, 0.25) is 0 Å². The Morgan fingerprint density at radius 2 is 1.70 bits per heavy atom. The molecule has 140 valence electrons. The topological polar surface area (TPSA) is 92.6 Å². The van der Waals surface area contributed by atoms with Crippen molar-refractivity contribution in [2.75, 3.05) is 18.4 Å². The number of para-hydroxylation sites is 1. The summed E-state index contributed by atoms with van der Waals surface area (Å²) in [6.07, 6.45) is 0.942. The molecule has 0 saturated carbocycles. The van der Waals surface area contributed by atoms with Gasteiger partial charge in [-0.1, -0.05) is 12.1 Å². The van der Waals surface area contributed by atoms with Crippen LogP contribution in [0.25, 0.3) is 0 Å². The zero-order chi connectivity index (χ0) is 19.4. The minimum absolute atomic E-state index is 0.0740. The van der Waals surface area contributed by atoms with E-state index >= 15 is 0 Å². The van der Waals surface area contributed by atoms with Crippen LogP contribution in [0.1, 0.15) is 23.2 Å². The molecule has 1 aliphatic heterocycles. The van der Waals surface area contributed by atoms with Crippen LogP contribution in [0.15, 0.2) is 48.5 Å². The van der Waals surface area contributed by atoms with Gasteiger partial charge in [0.05, 0.1) is 10.6 Å². The molecule has 8 heteroatoms. The third-order valence-electron chi connectivity index (χ3n) is 4.61. The SMILES string of the molecule is O=C(Nc1ccccc1F)C1CCN(C(=O)c2ccc([N+](=O)[O-])cc2)CC1. The van der Waals surface area contributed by atoms with E-state index in [1.54, 1.807) is 17.0 Å². The first-order valence-corrected chi connectivity index (χ1v) is 8.55. The number of carbonyl (C=O) groups excluding carboxylic acids is 2. The number of likely N-dealkylation sites (tertiary alicyclic amines) is 1. The Labute approximate surface area is 154 Å². The minimum Gasteiger partial charge on any atom is -0.339 e. The summed E-state index contributed by atoms with van der Waals surface area (Å²) in [5, 5.41) is 13.3. The Kier molecular flexibility index (Phi) is 5.44. The molecule has 1 heterocycles. The maximum absolute atomic E-state index is 13.6. The van der Waals surface area contributed by atoms with Gasteiger partial charge >= 0.3 is 0 Å². The molecular formula is C19H18FN3O4. The van der Waals surface area contributed by atoms with Gasteiger partial charge in [0.2, 0.25) is 5.91 Å². The smallest absolute Gasteiger partial charge is 0.269 e. The van der Waals surface area contributed by atoms with Gasteiger partial charge in [-0.3, -0.25) is 19.7 Å². The van der Waals surface area contributed by atoms with Crippen molar-refractivity contribution in [3.8, 4) is 0 Å². The fourth-order valence-electron chi connectivity index (χ4n) is 3.05. The van der Waals surface area contributed by atoms with Crippen LogP contribution in [-0.2, 0) is 4.79 Å². The van der Waals surface area contributed by atoms with Gasteiger partial charge in [-0.25, -0.2) is 4.39 Å². The lowest BCUT2D eigenvalue weighted by Crippen LogP contribution is -2.41. The second kappa shape index (κ2) is 7.94. The molecule has 0 aromatic heterocycles. The van der Waals surface area contributed by atoms with Crippen LogP contribution >= 0.6 is 0 Å². The number of benzene rings is 2. The lowest BCUT2D eigenvalue weighted by molar-refractivity contribution is -0.384. The molecule has 3 rings (SSSR count). The van der Waals surface area contributed by atoms with Gasteiger partial charge in [0.25, 0.3) is 11.6 Å². The van der Waals surface area contributed by atoms with E-state index in [9.17, 15) is 24.1 Å². The van der Waals surface area contributed by atoms with Crippen molar-refractivity contribution in [2.45, 2.75) is 12.8 Å². The zero-order valence-electron chi connectivity index (χ0n) is 14.4. The van der Waals surface area contributed by atoms with Gasteiger partial charge in [0.15, 0.2) is 0 Å². The summed E-state index contributed by atoms with van der Waals surface area (Å²) >= 11 is 0. The summed E-state index contributed by atoms with van der Waals surface area (Å²) in [6, 6.07) is 11.4. The minimum atomic E-state index is -0.520. The van der Waals surface area contributed by atoms with E-state index in [4.69, 9.17) is 0 Å². The Morgan fingerprint density at radius 3 is 2.30 bits per heavy atom. The first-order valence-electron chi connectivity index (χ1n) is 8.55. The molecule has 1 N–H and O–H groups in total. The van der Waals surface area contributed by atoms with E-state index in [0.29, 0.717) is 31.5 Å². The Balaban J connectivity index is 1.56. The number of hydrogen-bond donors (Lipinski definition) is 1. The largest absolute Gasteiger partial charge is 0.339 e. The number of halogens is 1. The molecule has 1 fully saturated rings. The first-order chi connectivity index (χ1) is 13.0. The molecule has 0 aliphatic carbocycles. The van der Waals surface area contributed by atoms with E-state index in [1.807, 2.05) is 0 Å². The summed E-state index contributed by atoms with van der Waals surface area (Å²) in [5.41, 5.74) is 0.441. The molecule has 2 aromatic carbocycles. The highest BCUT2D eigenvalue weighted by Crippen LogP contribution is 2.22. The van der Waals surface area contributed by atoms with E-state index in [0.717, 1.165) is 0 Å². The third-order valence-corrected chi connectivity index (χ3v) is 4.61. The van der Waals surface area contributed by atoms with Gasteiger partial charge in [-0.05, 0) is 37.1 Å².